The van der Waals surface area contributed by atoms with E-state index in [2.05, 4.69) is 4.98 Å². The number of carboxylic acids is 1. The third-order valence-corrected chi connectivity index (χ3v) is 3.38. The van der Waals surface area contributed by atoms with Crippen molar-refractivity contribution in [1.29, 1.82) is 0 Å². The van der Waals surface area contributed by atoms with Crippen molar-refractivity contribution in [2.24, 2.45) is 0 Å². The molecule has 0 atom stereocenters. The van der Waals surface area contributed by atoms with Gasteiger partial charge >= 0.3 is 5.97 Å². The van der Waals surface area contributed by atoms with E-state index in [1.165, 1.54) is 18.0 Å². The molecule has 2 rings (SSSR count). The van der Waals surface area contributed by atoms with Gasteiger partial charge in [-0.1, -0.05) is 11.8 Å². The molecule has 0 aliphatic carbocycles. The van der Waals surface area contributed by atoms with E-state index in [1.807, 2.05) is 24.3 Å². The molecule has 92 valence electrons. The van der Waals surface area contributed by atoms with E-state index in [-0.39, 0.29) is 5.56 Å². The van der Waals surface area contributed by atoms with E-state index >= 15 is 0 Å². The maximum absolute atomic E-state index is 11.0. The number of hydrogen-bond acceptors (Lipinski definition) is 4. The SMILES string of the molecule is COc1ccc(Sc2ccncc2C(=O)O)cc1. The normalized spacial score (nSPS) is 10.1. The summed E-state index contributed by atoms with van der Waals surface area (Å²) >= 11 is 1.39. The molecule has 0 radical (unpaired) electrons. The second-order valence-electron chi connectivity index (χ2n) is 3.45. The van der Waals surface area contributed by atoms with Crippen molar-refractivity contribution in [2.75, 3.05) is 7.11 Å². The van der Waals surface area contributed by atoms with Gasteiger partial charge in [0.2, 0.25) is 0 Å². The van der Waals surface area contributed by atoms with Gasteiger partial charge in [0.15, 0.2) is 0 Å². The zero-order chi connectivity index (χ0) is 13.0. The monoisotopic (exact) mass is 261 g/mol. The van der Waals surface area contributed by atoms with Crippen LogP contribution in [0.2, 0.25) is 0 Å². The number of nitrogens with zero attached hydrogens (tertiary/aromatic N) is 1. The van der Waals surface area contributed by atoms with Gasteiger partial charge in [0, 0.05) is 22.2 Å². The van der Waals surface area contributed by atoms with Crippen LogP contribution in [0.4, 0.5) is 0 Å². The van der Waals surface area contributed by atoms with Crippen molar-refractivity contribution < 1.29 is 14.6 Å². The van der Waals surface area contributed by atoms with Crippen molar-refractivity contribution in [1.82, 2.24) is 4.98 Å². The molecule has 0 bridgehead atoms. The molecular formula is C13H11NO3S. The van der Waals surface area contributed by atoms with E-state index in [0.29, 0.717) is 4.90 Å². The number of carbonyl (C=O) groups is 1. The summed E-state index contributed by atoms with van der Waals surface area (Å²) < 4.78 is 5.07. The Balaban J connectivity index is 2.25. The summed E-state index contributed by atoms with van der Waals surface area (Å²) in [6, 6.07) is 9.14. The Morgan fingerprint density at radius 2 is 2.00 bits per heavy atom. The fraction of sp³-hybridized carbons (Fsp3) is 0.0769. The number of pyridine rings is 1. The molecular weight excluding hydrogens is 250 g/mol. The summed E-state index contributed by atoms with van der Waals surface area (Å²) in [4.78, 5) is 16.5. The summed E-state index contributed by atoms with van der Waals surface area (Å²) in [7, 11) is 1.60. The van der Waals surface area contributed by atoms with Gasteiger partial charge in [0.1, 0.15) is 5.75 Å². The average Bonchev–Trinajstić information content (AvgIpc) is 2.40. The highest BCUT2D eigenvalue weighted by Crippen LogP contribution is 2.30. The van der Waals surface area contributed by atoms with E-state index in [9.17, 15) is 4.79 Å². The zero-order valence-electron chi connectivity index (χ0n) is 9.66. The van der Waals surface area contributed by atoms with Crippen LogP contribution in [0, 0.1) is 0 Å². The molecule has 0 amide bonds. The van der Waals surface area contributed by atoms with Gasteiger partial charge in [-0.25, -0.2) is 4.79 Å². The first kappa shape index (κ1) is 12.4. The Morgan fingerprint density at radius 3 is 2.61 bits per heavy atom. The second-order valence-corrected chi connectivity index (χ2v) is 4.57. The van der Waals surface area contributed by atoms with Gasteiger partial charge in [-0.05, 0) is 30.3 Å². The first-order valence-electron chi connectivity index (χ1n) is 5.20. The highest BCUT2D eigenvalue weighted by atomic mass is 32.2. The molecule has 1 aromatic carbocycles. The maximum atomic E-state index is 11.0. The van der Waals surface area contributed by atoms with Crippen LogP contribution in [0.15, 0.2) is 52.5 Å². The molecule has 1 heterocycles. The molecule has 0 unspecified atom stereocenters. The molecule has 0 fully saturated rings. The third-order valence-electron chi connectivity index (χ3n) is 2.30. The quantitative estimate of drug-likeness (QED) is 0.917. The van der Waals surface area contributed by atoms with Gasteiger partial charge < -0.3 is 9.84 Å². The summed E-state index contributed by atoms with van der Waals surface area (Å²) in [6.45, 7) is 0. The van der Waals surface area contributed by atoms with Crippen molar-refractivity contribution in [3.8, 4) is 5.75 Å². The lowest BCUT2D eigenvalue weighted by atomic mass is 10.3. The Hall–Kier alpha value is -2.01. The van der Waals surface area contributed by atoms with Crippen LogP contribution in [0.1, 0.15) is 10.4 Å². The minimum atomic E-state index is -0.973. The van der Waals surface area contributed by atoms with Crippen LogP contribution in [0.3, 0.4) is 0 Å². The Labute approximate surface area is 109 Å². The number of rotatable bonds is 4. The van der Waals surface area contributed by atoms with Gasteiger partial charge in [0.05, 0.1) is 12.7 Å². The summed E-state index contributed by atoms with van der Waals surface area (Å²) in [5.74, 6) is -0.202. The standard InChI is InChI=1S/C13H11NO3S/c1-17-9-2-4-10(5-3-9)18-12-6-7-14-8-11(12)13(15)16/h2-8H,1H3,(H,15,16). The highest BCUT2D eigenvalue weighted by Gasteiger charge is 2.10. The van der Waals surface area contributed by atoms with Crippen LogP contribution in [-0.2, 0) is 0 Å². The Morgan fingerprint density at radius 1 is 1.28 bits per heavy atom. The molecule has 4 nitrogen and oxygen atoms in total. The van der Waals surface area contributed by atoms with E-state index in [4.69, 9.17) is 9.84 Å². The number of hydrogen-bond donors (Lipinski definition) is 1. The molecule has 5 heteroatoms. The van der Waals surface area contributed by atoms with Crippen molar-refractivity contribution >= 4 is 17.7 Å². The Kier molecular flexibility index (Phi) is 3.84. The van der Waals surface area contributed by atoms with Crippen LogP contribution in [0.5, 0.6) is 5.75 Å². The zero-order valence-corrected chi connectivity index (χ0v) is 10.5. The molecule has 0 saturated heterocycles. The fourth-order valence-corrected chi connectivity index (χ4v) is 2.31. The summed E-state index contributed by atoms with van der Waals surface area (Å²) in [5, 5.41) is 9.05. The van der Waals surface area contributed by atoms with E-state index < -0.39 is 5.97 Å². The van der Waals surface area contributed by atoms with Crippen LogP contribution < -0.4 is 4.74 Å². The smallest absolute Gasteiger partial charge is 0.338 e. The van der Waals surface area contributed by atoms with E-state index in [1.54, 1.807) is 19.4 Å². The molecule has 18 heavy (non-hydrogen) atoms. The lowest BCUT2D eigenvalue weighted by molar-refractivity contribution is 0.0692. The largest absolute Gasteiger partial charge is 0.497 e. The van der Waals surface area contributed by atoms with Crippen molar-refractivity contribution in [3.05, 3.63) is 48.3 Å². The van der Waals surface area contributed by atoms with Crippen molar-refractivity contribution in [3.63, 3.8) is 0 Å². The fourth-order valence-electron chi connectivity index (χ4n) is 1.40. The minimum absolute atomic E-state index is 0.207. The predicted molar refractivity (Wildman–Crippen MR) is 68.3 cm³/mol. The van der Waals surface area contributed by atoms with Gasteiger partial charge in [-0.15, -0.1) is 0 Å². The lowest BCUT2D eigenvalue weighted by Gasteiger charge is -2.05. The van der Waals surface area contributed by atoms with Gasteiger partial charge in [-0.3, -0.25) is 4.98 Å². The maximum Gasteiger partial charge on any atom is 0.338 e. The second kappa shape index (κ2) is 5.55. The molecule has 0 spiro atoms. The predicted octanol–water partition coefficient (Wildman–Crippen LogP) is 2.94. The number of ether oxygens (including phenoxy) is 1. The molecule has 0 saturated carbocycles. The van der Waals surface area contributed by atoms with Crippen LogP contribution >= 0.6 is 11.8 Å². The highest BCUT2D eigenvalue weighted by molar-refractivity contribution is 7.99. The number of carboxylic acid groups (broad SMARTS) is 1. The van der Waals surface area contributed by atoms with Gasteiger partial charge in [-0.2, -0.15) is 0 Å². The lowest BCUT2D eigenvalue weighted by Crippen LogP contribution is -1.99. The summed E-state index contributed by atoms with van der Waals surface area (Å²) in [6.07, 6.45) is 2.94. The van der Waals surface area contributed by atoms with E-state index in [0.717, 1.165) is 10.6 Å². The minimum Gasteiger partial charge on any atom is -0.497 e. The van der Waals surface area contributed by atoms with Crippen LogP contribution in [-0.4, -0.2) is 23.2 Å². The van der Waals surface area contributed by atoms with Crippen molar-refractivity contribution in [2.45, 2.75) is 9.79 Å². The molecule has 1 aromatic heterocycles. The topological polar surface area (TPSA) is 59.4 Å². The molecule has 2 aromatic rings. The number of benzene rings is 1. The Bertz CT molecular complexity index is 554. The molecule has 1 N–H and O–H groups in total. The van der Waals surface area contributed by atoms with Crippen LogP contribution in [0.25, 0.3) is 0 Å². The first-order valence-corrected chi connectivity index (χ1v) is 6.01. The number of aromatic nitrogens is 1. The molecule has 0 aliphatic heterocycles. The first-order chi connectivity index (χ1) is 8.70. The number of aromatic carboxylic acids is 1. The molecule has 0 aliphatic rings. The average molecular weight is 261 g/mol. The summed E-state index contributed by atoms with van der Waals surface area (Å²) in [5.41, 5.74) is 0.207. The van der Waals surface area contributed by atoms with Gasteiger partial charge in [0.25, 0.3) is 0 Å². The third kappa shape index (κ3) is 2.81. The number of methoxy groups -OCH3 is 1.